The Kier molecular flexibility index (Phi) is 4.82. The van der Waals surface area contributed by atoms with Gasteiger partial charge in [-0.15, -0.1) is 0 Å². The second-order valence-electron chi connectivity index (χ2n) is 2.78. The van der Waals surface area contributed by atoms with E-state index in [9.17, 15) is 21.6 Å². The molecule has 0 bridgehead atoms. The van der Waals surface area contributed by atoms with E-state index in [1.807, 2.05) is 0 Å². The molecular formula is C6H12F3NO3S. The van der Waals surface area contributed by atoms with E-state index in [1.54, 1.807) is 0 Å². The molecule has 0 aromatic heterocycles. The number of rotatable bonds is 5. The van der Waals surface area contributed by atoms with Gasteiger partial charge in [0.1, 0.15) is 0 Å². The van der Waals surface area contributed by atoms with Crippen molar-refractivity contribution in [1.82, 2.24) is 0 Å². The fraction of sp³-hybridized carbons (Fsp3) is 1.00. The Balaban J connectivity index is 3.66. The quantitative estimate of drug-likeness (QED) is 0.711. The highest BCUT2D eigenvalue weighted by Gasteiger charge is 2.36. The molecule has 2 N–H and O–H groups in total. The molecule has 0 radical (unpaired) electrons. The van der Waals surface area contributed by atoms with Gasteiger partial charge in [0.2, 0.25) is 10.0 Å². The van der Waals surface area contributed by atoms with E-state index in [-0.39, 0.29) is 18.8 Å². The minimum absolute atomic E-state index is 0.0424. The topological polar surface area (TPSA) is 69.4 Å². The summed E-state index contributed by atoms with van der Waals surface area (Å²) in [7, 11) is -3.62. The van der Waals surface area contributed by atoms with Crippen LogP contribution < -0.4 is 5.14 Å². The van der Waals surface area contributed by atoms with E-state index >= 15 is 0 Å². The number of nitrogens with two attached hydrogens (primary N) is 1. The zero-order valence-electron chi connectivity index (χ0n) is 7.54. The Morgan fingerprint density at radius 1 is 1.43 bits per heavy atom. The predicted molar refractivity (Wildman–Crippen MR) is 44.1 cm³/mol. The van der Waals surface area contributed by atoms with Gasteiger partial charge in [-0.25, -0.2) is 13.6 Å². The smallest absolute Gasteiger partial charge is 0.369 e. The van der Waals surface area contributed by atoms with Crippen molar-refractivity contribution in [1.29, 1.82) is 0 Å². The van der Waals surface area contributed by atoms with Crippen LogP contribution in [0.2, 0.25) is 0 Å². The normalized spacial score (nSPS) is 15.5. The molecule has 0 heterocycles. The number of sulfonamides is 1. The first-order valence-electron chi connectivity index (χ1n) is 3.82. The molecule has 0 spiro atoms. The van der Waals surface area contributed by atoms with Gasteiger partial charge >= 0.3 is 6.18 Å². The van der Waals surface area contributed by atoms with Gasteiger partial charge in [0, 0.05) is 6.61 Å². The molecule has 0 saturated heterocycles. The van der Waals surface area contributed by atoms with Crippen molar-refractivity contribution in [3.63, 3.8) is 0 Å². The lowest BCUT2D eigenvalue weighted by Gasteiger charge is -2.15. The molecule has 0 amide bonds. The maximum absolute atomic E-state index is 11.8. The fourth-order valence-corrected chi connectivity index (χ4v) is 1.13. The van der Waals surface area contributed by atoms with Crippen LogP contribution >= 0.6 is 0 Å². The molecule has 1 atom stereocenters. The van der Waals surface area contributed by atoms with Crippen molar-refractivity contribution in [2.45, 2.75) is 25.6 Å². The molecule has 8 heteroatoms. The monoisotopic (exact) mass is 235 g/mol. The van der Waals surface area contributed by atoms with Crippen LogP contribution in [-0.4, -0.2) is 33.1 Å². The van der Waals surface area contributed by atoms with Crippen molar-refractivity contribution in [3.8, 4) is 0 Å². The van der Waals surface area contributed by atoms with Crippen LogP contribution in [-0.2, 0) is 14.8 Å². The van der Waals surface area contributed by atoms with E-state index in [0.717, 1.165) is 6.92 Å². The first-order chi connectivity index (χ1) is 6.13. The molecule has 0 fully saturated rings. The highest BCUT2D eigenvalue weighted by molar-refractivity contribution is 7.89. The molecule has 0 aliphatic rings. The van der Waals surface area contributed by atoms with Gasteiger partial charge in [-0.2, -0.15) is 13.2 Å². The molecule has 4 nitrogen and oxygen atoms in total. The third kappa shape index (κ3) is 7.10. The van der Waals surface area contributed by atoms with E-state index < -0.39 is 22.3 Å². The predicted octanol–water partition coefficient (Wildman–Crippen LogP) is 0.632. The summed E-state index contributed by atoms with van der Waals surface area (Å²) in [6.45, 7) is 0.577. The average molecular weight is 235 g/mol. The number of hydrogen-bond donors (Lipinski definition) is 1. The Bertz CT molecular complexity index is 262. The SMILES string of the molecule is CC(OCCCS(N)(=O)=O)C(F)(F)F. The van der Waals surface area contributed by atoms with Crippen molar-refractivity contribution < 1.29 is 26.3 Å². The van der Waals surface area contributed by atoms with Gasteiger partial charge in [-0.3, -0.25) is 0 Å². The molecule has 86 valence electrons. The summed E-state index contributed by atoms with van der Waals surface area (Å²) in [6.07, 6.45) is -6.34. The molecule has 14 heavy (non-hydrogen) atoms. The molecule has 0 aliphatic heterocycles. The van der Waals surface area contributed by atoms with Crippen molar-refractivity contribution in [2.24, 2.45) is 5.14 Å². The lowest BCUT2D eigenvalue weighted by Crippen LogP contribution is -2.29. The number of hydrogen-bond acceptors (Lipinski definition) is 3. The zero-order chi connectivity index (χ0) is 11.4. The molecule has 0 aromatic carbocycles. The van der Waals surface area contributed by atoms with E-state index in [1.165, 1.54) is 0 Å². The van der Waals surface area contributed by atoms with Crippen molar-refractivity contribution >= 4 is 10.0 Å². The lowest BCUT2D eigenvalue weighted by molar-refractivity contribution is -0.213. The summed E-state index contributed by atoms with van der Waals surface area (Å²) in [6, 6.07) is 0. The van der Waals surface area contributed by atoms with Gasteiger partial charge < -0.3 is 4.74 Å². The van der Waals surface area contributed by atoms with Gasteiger partial charge in [-0.05, 0) is 13.3 Å². The Labute approximate surface area is 80.3 Å². The first-order valence-corrected chi connectivity index (χ1v) is 5.53. The molecule has 0 rings (SSSR count). The maximum atomic E-state index is 11.8. The summed E-state index contributed by atoms with van der Waals surface area (Å²) in [4.78, 5) is 0. The first kappa shape index (κ1) is 13.7. The molecular weight excluding hydrogens is 223 g/mol. The van der Waals surface area contributed by atoms with Crippen LogP contribution in [0.3, 0.4) is 0 Å². The van der Waals surface area contributed by atoms with Crippen LogP contribution in [0.15, 0.2) is 0 Å². The second-order valence-corrected chi connectivity index (χ2v) is 4.51. The fourth-order valence-electron chi connectivity index (χ4n) is 0.615. The molecule has 0 aromatic rings. The number of ether oxygens (including phenoxy) is 1. The Hall–Kier alpha value is -0.340. The second kappa shape index (κ2) is 4.94. The Morgan fingerprint density at radius 2 is 1.93 bits per heavy atom. The number of primary sulfonamides is 1. The van der Waals surface area contributed by atoms with Crippen molar-refractivity contribution in [3.05, 3.63) is 0 Å². The van der Waals surface area contributed by atoms with Gasteiger partial charge in [0.25, 0.3) is 0 Å². The summed E-state index contributed by atoms with van der Waals surface area (Å²) in [5.74, 6) is -0.377. The largest absolute Gasteiger partial charge is 0.414 e. The van der Waals surface area contributed by atoms with Crippen LogP contribution in [0.25, 0.3) is 0 Å². The minimum Gasteiger partial charge on any atom is -0.369 e. The van der Waals surface area contributed by atoms with E-state index in [0.29, 0.717) is 0 Å². The van der Waals surface area contributed by atoms with Gasteiger partial charge in [0.15, 0.2) is 6.10 Å². The summed E-state index contributed by atoms with van der Waals surface area (Å²) in [5.41, 5.74) is 0. The summed E-state index contributed by atoms with van der Waals surface area (Å²) in [5, 5.41) is 4.63. The highest BCUT2D eigenvalue weighted by atomic mass is 32.2. The van der Waals surface area contributed by atoms with E-state index in [4.69, 9.17) is 0 Å². The third-order valence-electron chi connectivity index (χ3n) is 1.40. The van der Waals surface area contributed by atoms with Gasteiger partial charge in [-0.1, -0.05) is 0 Å². The lowest BCUT2D eigenvalue weighted by atomic mass is 10.4. The number of halogens is 3. The highest BCUT2D eigenvalue weighted by Crippen LogP contribution is 2.22. The zero-order valence-corrected chi connectivity index (χ0v) is 8.36. The van der Waals surface area contributed by atoms with Crippen molar-refractivity contribution in [2.75, 3.05) is 12.4 Å². The summed E-state index contributed by atoms with van der Waals surface area (Å²) < 4.78 is 60.6. The van der Waals surface area contributed by atoms with Crippen LogP contribution in [0, 0.1) is 0 Å². The summed E-state index contributed by atoms with van der Waals surface area (Å²) >= 11 is 0. The number of alkyl halides is 3. The molecule has 0 aliphatic carbocycles. The third-order valence-corrected chi connectivity index (χ3v) is 2.26. The van der Waals surface area contributed by atoms with E-state index in [2.05, 4.69) is 9.88 Å². The molecule has 0 saturated carbocycles. The maximum Gasteiger partial charge on any atom is 0.414 e. The van der Waals surface area contributed by atoms with Crippen LogP contribution in [0.1, 0.15) is 13.3 Å². The van der Waals surface area contributed by atoms with Gasteiger partial charge in [0.05, 0.1) is 5.75 Å². The minimum atomic E-state index is -4.42. The molecule has 1 unspecified atom stereocenters. The Morgan fingerprint density at radius 3 is 2.29 bits per heavy atom. The van der Waals surface area contributed by atoms with Crippen LogP contribution in [0.4, 0.5) is 13.2 Å². The average Bonchev–Trinajstić information content (AvgIpc) is 1.93. The van der Waals surface area contributed by atoms with Crippen LogP contribution in [0.5, 0.6) is 0 Å². The standard InChI is InChI=1S/C6H12F3NO3S/c1-5(6(7,8)9)13-3-2-4-14(10,11)12/h5H,2-4H2,1H3,(H2,10,11,12).